The number of carbonyl (C=O) groups excluding carboxylic acids is 1. The molecule has 8 nitrogen and oxygen atoms in total. The molecule has 138 valence electrons. The van der Waals surface area contributed by atoms with Gasteiger partial charge in [-0.15, -0.1) is 0 Å². The van der Waals surface area contributed by atoms with Crippen LogP contribution in [0.5, 0.6) is 0 Å². The molecule has 1 atom stereocenters. The van der Waals surface area contributed by atoms with E-state index in [4.69, 9.17) is 9.63 Å². The van der Waals surface area contributed by atoms with E-state index in [2.05, 4.69) is 20.8 Å². The molecule has 2 amide bonds. The number of nitrogens with zero attached hydrogens (tertiary/aromatic N) is 2. The average Bonchev–Trinajstić information content (AvgIpc) is 3.37. The molecule has 0 spiro atoms. The van der Waals surface area contributed by atoms with E-state index in [0.29, 0.717) is 30.5 Å². The van der Waals surface area contributed by atoms with Gasteiger partial charge in [-0.3, -0.25) is 4.79 Å². The highest BCUT2D eigenvalue weighted by Gasteiger charge is 2.29. The van der Waals surface area contributed by atoms with Gasteiger partial charge in [0.15, 0.2) is 5.82 Å². The van der Waals surface area contributed by atoms with Gasteiger partial charge in [0.1, 0.15) is 0 Å². The van der Waals surface area contributed by atoms with Crippen molar-refractivity contribution in [2.75, 3.05) is 0 Å². The predicted molar refractivity (Wildman–Crippen MR) is 92.4 cm³/mol. The van der Waals surface area contributed by atoms with Gasteiger partial charge in [0, 0.05) is 18.4 Å². The van der Waals surface area contributed by atoms with E-state index in [1.807, 2.05) is 30.3 Å². The molecule has 0 saturated heterocycles. The summed E-state index contributed by atoms with van der Waals surface area (Å²) >= 11 is 0. The van der Waals surface area contributed by atoms with Crippen molar-refractivity contribution in [3.05, 3.63) is 47.6 Å². The van der Waals surface area contributed by atoms with Crippen molar-refractivity contribution in [1.82, 2.24) is 20.8 Å². The average molecular weight is 358 g/mol. The summed E-state index contributed by atoms with van der Waals surface area (Å²) < 4.78 is 5.15. The van der Waals surface area contributed by atoms with Gasteiger partial charge in [0.25, 0.3) is 0 Å². The monoisotopic (exact) mass is 358 g/mol. The van der Waals surface area contributed by atoms with E-state index in [1.165, 1.54) is 0 Å². The van der Waals surface area contributed by atoms with Crippen molar-refractivity contribution < 1.29 is 19.2 Å². The lowest BCUT2D eigenvalue weighted by Crippen LogP contribution is -2.43. The zero-order valence-corrected chi connectivity index (χ0v) is 14.4. The molecule has 0 bridgehead atoms. The quantitative estimate of drug-likeness (QED) is 0.633. The first-order valence-corrected chi connectivity index (χ1v) is 8.72. The second-order valence-electron chi connectivity index (χ2n) is 6.47. The number of carboxylic acid groups (broad SMARTS) is 1. The van der Waals surface area contributed by atoms with Crippen LogP contribution in [0.2, 0.25) is 0 Å². The molecule has 1 aliphatic carbocycles. The number of carboxylic acids is 1. The fraction of sp³-hybridized carbons (Fsp3) is 0.444. The van der Waals surface area contributed by atoms with Crippen molar-refractivity contribution in [2.45, 2.75) is 50.6 Å². The minimum atomic E-state index is -0.885. The number of carbonyl (C=O) groups is 2. The second kappa shape index (κ2) is 8.46. The SMILES string of the molecule is O=C(O)CCC(Cc1ccccc1)NC(=O)NCc1noc(C2CC2)n1. The summed E-state index contributed by atoms with van der Waals surface area (Å²) in [7, 11) is 0. The first-order chi connectivity index (χ1) is 12.6. The van der Waals surface area contributed by atoms with Crippen LogP contribution in [0.25, 0.3) is 0 Å². The topological polar surface area (TPSA) is 117 Å². The Morgan fingerprint density at radius 3 is 2.73 bits per heavy atom. The van der Waals surface area contributed by atoms with Gasteiger partial charge in [0.2, 0.25) is 5.89 Å². The summed E-state index contributed by atoms with van der Waals surface area (Å²) in [6.45, 7) is 0.166. The van der Waals surface area contributed by atoms with Gasteiger partial charge >= 0.3 is 12.0 Å². The van der Waals surface area contributed by atoms with Crippen molar-refractivity contribution in [3.8, 4) is 0 Å². The molecule has 3 rings (SSSR count). The third-order valence-electron chi connectivity index (χ3n) is 4.18. The third kappa shape index (κ3) is 5.58. The number of rotatable bonds is 9. The number of amides is 2. The van der Waals surface area contributed by atoms with Gasteiger partial charge in [-0.1, -0.05) is 35.5 Å². The second-order valence-corrected chi connectivity index (χ2v) is 6.47. The molecule has 3 N–H and O–H groups in total. The van der Waals surface area contributed by atoms with E-state index in [9.17, 15) is 9.59 Å². The van der Waals surface area contributed by atoms with Crippen LogP contribution in [0.3, 0.4) is 0 Å². The smallest absolute Gasteiger partial charge is 0.315 e. The normalized spacial score (nSPS) is 14.6. The molecule has 1 saturated carbocycles. The maximum Gasteiger partial charge on any atom is 0.315 e. The maximum absolute atomic E-state index is 12.2. The molecule has 1 aliphatic rings. The van der Waals surface area contributed by atoms with Gasteiger partial charge < -0.3 is 20.3 Å². The number of hydrogen-bond donors (Lipinski definition) is 3. The summed E-state index contributed by atoms with van der Waals surface area (Å²) in [5.41, 5.74) is 1.04. The first-order valence-electron chi connectivity index (χ1n) is 8.72. The standard InChI is InChI=1S/C18H22N4O4/c23-16(24)9-8-14(10-12-4-2-1-3-5-12)20-18(25)19-11-15-21-17(26-22-15)13-6-7-13/h1-5,13-14H,6-11H2,(H,23,24)(H2,19,20,25). The van der Waals surface area contributed by atoms with Crippen molar-refractivity contribution in [1.29, 1.82) is 0 Å². The van der Waals surface area contributed by atoms with E-state index in [1.54, 1.807) is 0 Å². The van der Waals surface area contributed by atoms with Crippen molar-refractivity contribution in [3.63, 3.8) is 0 Å². The summed E-state index contributed by atoms with van der Waals surface area (Å²) in [6, 6.07) is 8.98. The highest BCUT2D eigenvalue weighted by molar-refractivity contribution is 5.74. The zero-order chi connectivity index (χ0) is 18.4. The van der Waals surface area contributed by atoms with Crippen molar-refractivity contribution in [2.24, 2.45) is 0 Å². The number of urea groups is 1. The summed E-state index contributed by atoms with van der Waals surface area (Å²) in [5, 5.41) is 18.3. The fourth-order valence-corrected chi connectivity index (χ4v) is 2.65. The lowest BCUT2D eigenvalue weighted by Gasteiger charge is -2.18. The highest BCUT2D eigenvalue weighted by Crippen LogP contribution is 2.38. The first kappa shape index (κ1) is 17.9. The van der Waals surface area contributed by atoms with Crippen LogP contribution < -0.4 is 10.6 Å². The Kier molecular flexibility index (Phi) is 5.83. The minimum absolute atomic E-state index is 0.00658. The molecule has 2 aromatic rings. The Bertz CT molecular complexity index is 743. The molecule has 1 aromatic carbocycles. The predicted octanol–water partition coefficient (Wildman–Crippen LogP) is 2.22. The highest BCUT2D eigenvalue weighted by atomic mass is 16.5. The molecule has 8 heteroatoms. The molecule has 0 aliphatic heterocycles. The van der Waals surface area contributed by atoms with Gasteiger partial charge in [0.05, 0.1) is 6.54 Å². The van der Waals surface area contributed by atoms with Gasteiger partial charge in [-0.2, -0.15) is 4.98 Å². The molecule has 1 fully saturated rings. The Balaban J connectivity index is 1.50. The molecular formula is C18H22N4O4. The summed E-state index contributed by atoms with van der Waals surface area (Å²) in [6.07, 6.45) is 3.05. The number of aromatic nitrogens is 2. The fourth-order valence-electron chi connectivity index (χ4n) is 2.65. The van der Waals surface area contributed by atoms with Crippen LogP contribution in [-0.2, 0) is 17.8 Å². The molecule has 1 unspecified atom stereocenters. The summed E-state index contributed by atoms with van der Waals surface area (Å²) in [5.74, 6) is 0.554. The van der Waals surface area contributed by atoms with E-state index in [0.717, 1.165) is 18.4 Å². The third-order valence-corrected chi connectivity index (χ3v) is 4.18. The van der Waals surface area contributed by atoms with Crippen LogP contribution >= 0.6 is 0 Å². The molecule has 0 radical (unpaired) electrons. The molecular weight excluding hydrogens is 336 g/mol. The van der Waals surface area contributed by atoms with Crippen molar-refractivity contribution >= 4 is 12.0 Å². The summed E-state index contributed by atoms with van der Waals surface area (Å²) in [4.78, 5) is 27.3. The van der Waals surface area contributed by atoms with Gasteiger partial charge in [-0.05, 0) is 31.2 Å². The zero-order valence-electron chi connectivity index (χ0n) is 14.4. The minimum Gasteiger partial charge on any atom is -0.481 e. The lowest BCUT2D eigenvalue weighted by molar-refractivity contribution is -0.137. The number of hydrogen-bond acceptors (Lipinski definition) is 5. The van der Waals surface area contributed by atoms with Crippen LogP contribution in [-0.4, -0.2) is 33.3 Å². The molecule has 1 heterocycles. The number of aliphatic carboxylic acids is 1. The lowest BCUT2D eigenvalue weighted by atomic mass is 10.0. The Morgan fingerprint density at radius 2 is 2.04 bits per heavy atom. The Hall–Kier alpha value is -2.90. The maximum atomic E-state index is 12.2. The van der Waals surface area contributed by atoms with Crippen LogP contribution in [0.1, 0.15) is 48.9 Å². The number of benzene rings is 1. The number of nitrogens with one attached hydrogen (secondary N) is 2. The molecule has 1 aromatic heterocycles. The van der Waals surface area contributed by atoms with Crippen LogP contribution in [0.4, 0.5) is 4.79 Å². The van der Waals surface area contributed by atoms with Crippen LogP contribution in [0, 0.1) is 0 Å². The molecule has 26 heavy (non-hydrogen) atoms. The van der Waals surface area contributed by atoms with Gasteiger partial charge in [-0.25, -0.2) is 4.79 Å². The van der Waals surface area contributed by atoms with E-state index >= 15 is 0 Å². The van der Waals surface area contributed by atoms with Crippen LogP contribution in [0.15, 0.2) is 34.9 Å². The largest absolute Gasteiger partial charge is 0.481 e. The van der Waals surface area contributed by atoms with E-state index in [-0.39, 0.29) is 25.0 Å². The Labute approximate surface area is 151 Å². The van der Waals surface area contributed by atoms with E-state index < -0.39 is 5.97 Å². The Morgan fingerprint density at radius 1 is 1.27 bits per heavy atom.